The van der Waals surface area contributed by atoms with Gasteiger partial charge in [-0.3, -0.25) is 4.98 Å². The lowest BCUT2D eigenvalue weighted by Crippen LogP contribution is -2.21. The summed E-state index contributed by atoms with van der Waals surface area (Å²) in [4.78, 5) is 6.39. The van der Waals surface area contributed by atoms with Gasteiger partial charge >= 0.3 is 0 Å². The molecule has 0 saturated carbocycles. The maximum absolute atomic E-state index is 4.06. The van der Waals surface area contributed by atoms with Crippen molar-refractivity contribution in [1.82, 2.24) is 10.3 Å². The van der Waals surface area contributed by atoms with Gasteiger partial charge < -0.3 is 10.2 Å². The number of anilines is 1. The van der Waals surface area contributed by atoms with Gasteiger partial charge in [0.25, 0.3) is 0 Å². The van der Waals surface area contributed by atoms with Gasteiger partial charge in [0, 0.05) is 38.2 Å². The molecule has 1 aromatic heterocycles. The standard InChI is InChI=1S/C18H25N3/c1-4-19-14-17-5-6-18(15(2)13-17)21(3)12-9-16-7-10-20-11-8-16/h5-8,10-11,13,19H,4,9,12,14H2,1-3H3. The van der Waals surface area contributed by atoms with Gasteiger partial charge in [-0.25, -0.2) is 0 Å². The molecular formula is C18H25N3. The van der Waals surface area contributed by atoms with Gasteiger partial charge in [-0.2, -0.15) is 0 Å². The van der Waals surface area contributed by atoms with E-state index in [1.165, 1.54) is 22.4 Å². The van der Waals surface area contributed by atoms with Crippen LogP contribution in [0.5, 0.6) is 0 Å². The van der Waals surface area contributed by atoms with E-state index in [0.29, 0.717) is 0 Å². The number of nitrogens with zero attached hydrogens (tertiary/aromatic N) is 2. The highest BCUT2D eigenvalue weighted by molar-refractivity contribution is 5.54. The van der Waals surface area contributed by atoms with Crippen molar-refractivity contribution in [1.29, 1.82) is 0 Å². The number of rotatable bonds is 7. The summed E-state index contributed by atoms with van der Waals surface area (Å²) in [6.07, 6.45) is 4.75. The van der Waals surface area contributed by atoms with Crippen molar-refractivity contribution in [2.75, 3.05) is 25.0 Å². The van der Waals surface area contributed by atoms with E-state index in [4.69, 9.17) is 0 Å². The van der Waals surface area contributed by atoms with Gasteiger partial charge in [0.2, 0.25) is 0 Å². The number of hydrogen-bond acceptors (Lipinski definition) is 3. The molecule has 0 amide bonds. The second-order valence-electron chi connectivity index (χ2n) is 5.43. The largest absolute Gasteiger partial charge is 0.374 e. The van der Waals surface area contributed by atoms with Crippen molar-refractivity contribution < 1.29 is 0 Å². The molecule has 0 saturated heterocycles. The summed E-state index contributed by atoms with van der Waals surface area (Å²) in [5, 5.41) is 3.37. The van der Waals surface area contributed by atoms with E-state index in [9.17, 15) is 0 Å². The number of nitrogens with one attached hydrogen (secondary N) is 1. The highest BCUT2D eigenvalue weighted by atomic mass is 15.1. The fourth-order valence-corrected chi connectivity index (χ4v) is 2.49. The van der Waals surface area contributed by atoms with Crippen LogP contribution in [0.1, 0.15) is 23.6 Å². The fraction of sp³-hybridized carbons (Fsp3) is 0.389. The van der Waals surface area contributed by atoms with Crippen molar-refractivity contribution in [2.24, 2.45) is 0 Å². The van der Waals surface area contributed by atoms with Crippen molar-refractivity contribution >= 4 is 5.69 Å². The van der Waals surface area contributed by atoms with Crippen molar-refractivity contribution in [3.63, 3.8) is 0 Å². The Labute approximate surface area is 128 Å². The average Bonchev–Trinajstić information content (AvgIpc) is 2.51. The van der Waals surface area contributed by atoms with Crippen LogP contribution in [0.2, 0.25) is 0 Å². The second kappa shape index (κ2) is 7.79. The van der Waals surface area contributed by atoms with Crippen LogP contribution >= 0.6 is 0 Å². The summed E-state index contributed by atoms with van der Waals surface area (Å²) >= 11 is 0. The molecular weight excluding hydrogens is 258 g/mol. The first-order valence-electron chi connectivity index (χ1n) is 7.61. The van der Waals surface area contributed by atoms with E-state index in [-0.39, 0.29) is 0 Å². The van der Waals surface area contributed by atoms with Crippen LogP contribution in [0.25, 0.3) is 0 Å². The molecule has 112 valence electrons. The first-order chi connectivity index (χ1) is 10.2. The Kier molecular flexibility index (Phi) is 5.76. The minimum absolute atomic E-state index is 0.943. The number of likely N-dealkylation sites (N-methyl/N-ethyl adjacent to an activating group) is 1. The third-order valence-corrected chi connectivity index (χ3v) is 3.74. The first kappa shape index (κ1) is 15.5. The van der Waals surface area contributed by atoms with Gasteiger partial charge in [0.05, 0.1) is 0 Å². The van der Waals surface area contributed by atoms with Gasteiger partial charge in [-0.05, 0) is 54.8 Å². The summed E-state index contributed by atoms with van der Waals surface area (Å²) in [5.74, 6) is 0. The molecule has 0 fully saturated rings. The van der Waals surface area contributed by atoms with Crippen molar-refractivity contribution in [2.45, 2.75) is 26.8 Å². The minimum atomic E-state index is 0.943. The molecule has 0 aliphatic heterocycles. The van der Waals surface area contributed by atoms with Crippen LogP contribution in [-0.2, 0) is 13.0 Å². The second-order valence-corrected chi connectivity index (χ2v) is 5.43. The molecule has 0 spiro atoms. The first-order valence-corrected chi connectivity index (χ1v) is 7.61. The molecule has 0 radical (unpaired) electrons. The molecule has 2 rings (SSSR count). The predicted octanol–water partition coefficient (Wildman–Crippen LogP) is 3.18. The molecule has 0 bridgehead atoms. The van der Waals surface area contributed by atoms with Gasteiger partial charge in [0.1, 0.15) is 0 Å². The molecule has 1 N–H and O–H groups in total. The Hall–Kier alpha value is -1.87. The Morgan fingerprint density at radius 2 is 1.86 bits per heavy atom. The van der Waals surface area contributed by atoms with E-state index in [1.807, 2.05) is 12.4 Å². The van der Waals surface area contributed by atoms with E-state index in [2.05, 4.69) is 66.4 Å². The van der Waals surface area contributed by atoms with Crippen LogP contribution in [0.4, 0.5) is 5.69 Å². The Bertz CT molecular complexity index is 552. The Morgan fingerprint density at radius 1 is 1.10 bits per heavy atom. The Balaban J connectivity index is 1.97. The van der Waals surface area contributed by atoms with Crippen molar-refractivity contribution in [3.8, 4) is 0 Å². The van der Waals surface area contributed by atoms with Crippen LogP contribution in [0, 0.1) is 6.92 Å². The zero-order valence-corrected chi connectivity index (χ0v) is 13.3. The van der Waals surface area contributed by atoms with Gasteiger partial charge in [-0.1, -0.05) is 19.1 Å². The molecule has 2 aromatic rings. The highest BCUT2D eigenvalue weighted by Crippen LogP contribution is 2.20. The summed E-state index contributed by atoms with van der Waals surface area (Å²) in [7, 11) is 2.16. The summed E-state index contributed by atoms with van der Waals surface area (Å²) < 4.78 is 0. The Morgan fingerprint density at radius 3 is 2.52 bits per heavy atom. The van der Waals surface area contributed by atoms with Crippen LogP contribution in [-0.4, -0.2) is 25.1 Å². The number of hydrogen-bond donors (Lipinski definition) is 1. The molecule has 1 heterocycles. The zero-order valence-electron chi connectivity index (χ0n) is 13.3. The SMILES string of the molecule is CCNCc1ccc(N(C)CCc2ccncc2)c(C)c1. The molecule has 3 heteroatoms. The van der Waals surface area contributed by atoms with Gasteiger partial charge in [-0.15, -0.1) is 0 Å². The third kappa shape index (κ3) is 4.57. The van der Waals surface area contributed by atoms with E-state index >= 15 is 0 Å². The number of aryl methyl sites for hydroxylation is 1. The van der Waals surface area contributed by atoms with Gasteiger partial charge in [0.15, 0.2) is 0 Å². The molecule has 3 nitrogen and oxygen atoms in total. The molecule has 21 heavy (non-hydrogen) atoms. The highest BCUT2D eigenvalue weighted by Gasteiger charge is 2.06. The third-order valence-electron chi connectivity index (χ3n) is 3.74. The topological polar surface area (TPSA) is 28.2 Å². The zero-order chi connectivity index (χ0) is 15.1. The summed E-state index contributed by atoms with van der Waals surface area (Å²) in [6, 6.07) is 10.9. The lowest BCUT2D eigenvalue weighted by molar-refractivity contribution is 0.726. The normalized spacial score (nSPS) is 10.6. The minimum Gasteiger partial charge on any atom is -0.374 e. The van der Waals surface area contributed by atoms with Crippen LogP contribution in [0.15, 0.2) is 42.7 Å². The maximum atomic E-state index is 4.06. The number of benzene rings is 1. The average molecular weight is 283 g/mol. The van der Waals surface area contributed by atoms with E-state index in [1.54, 1.807) is 0 Å². The maximum Gasteiger partial charge on any atom is 0.0393 e. The summed E-state index contributed by atoms with van der Waals surface area (Å²) in [5.41, 5.74) is 5.32. The van der Waals surface area contributed by atoms with E-state index in [0.717, 1.165) is 26.1 Å². The van der Waals surface area contributed by atoms with E-state index < -0.39 is 0 Å². The van der Waals surface area contributed by atoms with Crippen LogP contribution < -0.4 is 10.2 Å². The lowest BCUT2D eigenvalue weighted by Gasteiger charge is -2.22. The monoisotopic (exact) mass is 283 g/mol. The molecule has 0 atom stereocenters. The lowest BCUT2D eigenvalue weighted by atomic mass is 10.1. The predicted molar refractivity (Wildman–Crippen MR) is 89.8 cm³/mol. The summed E-state index contributed by atoms with van der Waals surface area (Å²) in [6.45, 7) is 7.28. The fourth-order valence-electron chi connectivity index (χ4n) is 2.49. The number of pyridine rings is 1. The molecule has 1 aromatic carbocycles. The van der Waals surface area contributed by atoms with Crippen molar-refractivity contribution in [3.05, 3.63) is 59.4 Å². The molecule has 0 aliphatic carbocycles. The van der Waals surface area contributed by atoms with Crippen LogP contribution in [0.3, 0.4) is 0 Å². The quantitative estimate of drug-likeness (QED) is 0.846. The molecule has 0 aliphatic rings. The molecule has 0 unspecified atom stereocenters. The smallest absolute Gasteiger partial charge is 0.0393 e. The number of aromatic nitrogens is 1.